The van der Waals surface area contributed by atoms with Gasteiger partial charge in [-0.2, -0.15) is 0 Å². The van der Waals surface area contributed by atoms with E-state index in [1.807, 2.05) is 24.3 Å². The van der Waals surface area contributed by atoms with Crippen molar-refractivity contribution in [2.75, 3.05) is 0 Å². The van der Waals surface area contributed by atoms with Crippen LogP contribution in [0.5, 0.6) is 0 Å². The molecule has 0 fully saturated rings. The smallest absolute Gasteiger partial charge is 0.303 e. The summed E-state index contributed by atoms with van der Waals surface area (Å²) in [6.45, 7) is 7.88. The van der Waals surface area contributed by atoms with Gasteiger partial charge in [-0.3, -0.25) is 4.79 Å². The molecular weight excluding hydrogens is 422 g/mol. The number of allylic oxidation sites excluding steroid dienone is 2. The maximum atomic E-state index is 13.9. The molecule has 6 heteroatoms. The van der Waals surface area contributed by atoms with Crippen LogP contribution in [0.2, 0.25) is 0 Å². The van der Waals surface area contributed by atoms with Crippen LogP contribution in [0, 0.1) is 11.3 Å². The number of hydrogen-bond acceptors (Lipinski definition) is 4. The molecular formula is C26H27NO4S. The molecule has 2 aliphatic carbocycles. The summed E-state index contributed by atoms with van der Waals surface area (Å²) in [6, 6.07) is 16.0. The van der Waals surface area contributed by atoms with E-state index in [-0.39, 0.29) is 28.1 Å². The molecule has 5 rings (SSSR count). The Morgan fingerprint density at radius 2 is 1.72 bits per heavy atom. The standard InChI is InChI=1S/C26H27NO4S/c1-16-14-20-23(26(3,4)15-16)25(31-17(2)28)22-19-12-8-9-13-21(19)27(24(20)22)32(29,30)18-10-6-5-7-11-18/h5-14,20,23,25H,15H2,1-4H3/t20-,23+,25-/m0/s1. The molecule has 3 atom stereocenters. The number of carbonyl (C=O) groups is 1. The van der Waals surface area contributed by atoms with Crippen LogP contribution in [0.25, 0.3) is 10.9 Å². The van der Waals surface area contributed by atoms with Crippen molar-refractivity contribution < 1.29 is 17.9 Å². The molecule has 2 aliphatic rings. The third-order valence-corrected chi connectivity index (χ3v) is 8.64. The van der Waals surface area contributed by atoms with Crippen LogP contribution in [-0.4, -0.2) is 18.4 Å². The number of rotatable bonds is 3. The van der Waals surface area contributed by atoms with Crippen LogP contribution >= 0.6 is 0 Å². The molecule has 0 spiro atoms. The lowest BCUT2D eigenvalue weighted by molar-refractivity contribution is -0.151. The van der Waals surface area contributed by atoms with Crippen LogP contribution in [-0.2, 0) is 19.6 Å². The number of nitrogens with zero attached hydrogens (tertiary/aromatic N) is 1. The molecule has 0 bridgehead atoms. The highest BCUT2D eigenvalue weighted by molar-refractivity contribution is 7.90. The van der Waals surface area contributed by atoms with Crippen LogP contribution in [0.3, 0.4) is 0 Å². The van der Waals surface area contributed by atoms with E-state index >= 15 is 0 Å². The molecule has 32 heavy (non-hydrogen) atoms. The lowest BCUT2D eigenvalue weighted by atomic mass is 9.64. The zero-order valence-corrected chi connectivity index (χ0v) is 19.5. The molecule has 0 saturated heterocycles. The van der Waals surface area contributed by atoms with Gasteiger partial charge in [0.1, 0.15) is 6.10 Å². The van der Waals surface area contributed by atoms with Gasteiger partial charge >= 0.3 is 5.97 Å². The average molecular weight is 450 g/mol. The lowest BCUT2D eigenvalue weighted by Gasteiger charge is -2.42. The second kappa shape index (κ2) is 7.07. The van der Waals surface area contributed by atoms with Crippen molar-refractivity contribution in [3.8, 4) is 0 Å². The number of carbonyl (C=O) groups excluding carboxylic acids is 1. The zero-order chi connectivity index (χ0) is 22.8. The van der Waals surface area contributed by atoms with Gasteiger partial charge in [-0.15, -0.1) is 0 Å². The fourth-order valence-electron chi connectivity index (χ4n) is 5.96. The molecule has 1 aromatic heterocycles. The largest absolute Gasteiger partial charge is 0.457 e. The Balaban J connectivity index is 1.89. The third kappa shape index (κ3) is 2.96. The van der Waals surface area contributed by atoms with E-state index in [2.05, 4.69) is 26.8 Å². The SMILES string of the molecule is CC(=O)O[C@H]1c2c(n(S(=O)(=O)c3ccccc3)c3ccccc23)[C@H]2C=C(C)CC(C)(C)[C@H]21. The van der Waals surface area contributed by atoms with Crippen LogP contribution in [0.4, 0.5) is 0 Å². The van der Waals surface area contributed by atoms with Crippen molar-refractivity contribution >= 4 is 26.9 Å². The van der Waals surface area contributed by atoms with E-state index in [0.29, 0.717) is 5.52 Å². The number of benzene rings is 2. The molecule has 0 N–H and O–H groups in total. The van der Waals surface area contributed by atoms with Crippen molar-refractivity contribution in [1.29, 1.82) is 0 Å². The van der Waals surface area contributed by atoms with Gasteiger partial charge < -0.3 is 4.74 Å². The Morgan fingerprint density at radius 3 is 2.41 bits per heavy atom. The zero-order valence-electron chi connectivity index (χ0n) is 18.7. The van der Waals surface area contributed by atoms with Crippen molar-refractivity contribution in [1.82, 2.24) is 3.97 Å². The summed E-state index contributed by atoms with van der Waals surface area (Å²) in [7, 11) is -3.86. The number of hydrogen-bond donors (Lipinski definition) is 0. The Bertz CT molecular complexity index is 1370. The van der Waals surface area contributed by atoms with E-state index in [9.17, 15) is 13.2 Å². The number of fused-ring (bicyclic) bond motifs is 5. The fraction of sp³-hybridized carbons (Fsp3) is 0.346. The molecule has 2 aromatic carbocycles. The van der Waals surface area contributed by atoms with Crippen molar-refractivity contribution in [2.45, 2.75) is 51.0 Å². The number of ether oxygens (including phenoxy) is 1. The highest BCUT2D eigenvalue weighted by Gasteiger charge is 2.54. The Hall–Kier alpha value is -2.86. The molecule has 5 nitrogen and oxygen atoms in total. The van der Waals surface area contributed by atoms with Crippen LogP contribution in [0.15, 0.2) is 71.1 Å². The maximum Gasteiger partial charge on any atom is 0.303 e. The predicted molar refractivity (Wildman–Crippen MR) is 124 cm³/mol. The summed E-state index contributed by atoms with van der Waals surface area (Å²) >= 11 is 0. The predicted octanol–water partition coefficient (Wildman–Crippen LogP) is 5.57. The van der Waals surface area contributed by atoms with Gasteiger partial charge in [0.25, 0.3) is 10.0 Å². The van der Waals surface area contributed by atoms with Gasteiger partial charge in [0.15, 0.2) is 0 Å². The quantitative estimate of drug-likeness (QED) is 0.387. The van der Waals surface area contributed by atoms with Gasteiger partial charge in [-0.1, -0.05) is 61.9 Å². The molecule has 0 saturated carbocycles. The summed E-state index contributed by atoms with van der Waals surface area (Å²) in [5, 5.41) is 0.824. The van der Waals surface area contributed by atoms with E-state index < -0.39 is 16.1 Å². The minimum Gasteiger partial charge on any atom is -0.457 e. The minimum absolute atomic E-state index is 0.0399. The van der Waals surface area contributed by atoms with Crippen LogP contribution in [0.1, 0.15) is 57.4 Å². The highest BCUT2D eigenvalue weighted by atomic mass is 32.2. The van der Waals surface area contributed by atoms with Crippen molar-refractivity contribution in [2.24, 2.45) is 11.3 Å². The molecule has 166 valence electrons. The Labute approximate surface area is 188 Å². The van der Waals surface area contributed by atoms with Gasteiger partial charge in [-0.25, -0.2) is 12.4 Å². The number of aromatic nitrogens is 1. The van der Waals surface area contributed by atoms with Crippen molar-refractivity contribution in [3.63, 3.8) is 0 Å². The monoisotopic (exact) mass is 449 g/mol. The second-order valence-electron chi connectivity index (χ2n) is 9.66. The topological polar surface area (TPSA) is 65.4 Å². The summed E-state index contributed by atoms with van der Waals surface area (Å²) in [6.07, 6.45) is 2.55. The summed E-state index contributed by atoms with van der Waals surface area (Å²) in [5.41, 5.74) is 3.22. The van der Waals surface area contributed by atoms with E-state index in [1.165, 1.54) is 16.5 Å². The molecule has 1 heterocycles. The maximum absolute atomic E-state index is 13.9. The Kier molecular flexibility index (Phi) is 4.64. The van der Waals surface area contributed by atoms with Gasteiger partial charge in [0, 0.05) is 35.4 Å². The van der Waals surface area contributed by atoms with Gasteiger partial charge in [0.05, 0.1) is 10.4 Å². The Morgan fingerprint density at radius 1 is 1.06 bits per heavy atom. The van der Waals surface area contributed by atoms with E-state index in [0.717, 1.165) is 23.1 Å². The lowest BCUT2D eigenvalue weighted by Crippen LogP contribution is -2.35. The summed E-state index contributed by atoms with van der Waals surface area (Å²) in [4.78, 5) is 12.4. The normalized spacial score (nSPS) is 24.0. The number of esters is 1. The van der Waals surface area contributed by atoms with Gasteiger partial charge in [-0.05, 0) is 37.0 Å². The summed E-state index contributed by atoms with van der Waals surface area (Å²) in [5.74, 6) is -0.558. The minimum atomic E-state index is -3.86. The van der Waals surface area contributed by atoms with Crippen molar-refractivity contribution in [3.05, 3.63) is 77.5 Å². The summed E-state index contributed by atoms with van der Waals surface area (Å²) < 4.78 is 35.3. The third-order valence-electron chi connectivity index (χ3n) is 6.90. The average Bonchev–Trinajstić information content (AvgIpc) is 3.22. The molecule has 0 unspecified atom stereocenters. The fourth-order valence-corrected chi connectivity index (χ4v) is 7.56. The first-order chi connectivity index (χ1) is 15.1. The molecule has 0 aliphatic heterocycles. The van der Waals surface area contributed by atoms with Crippen LogP contribution < -0.4 is 0 Å². The molecule has 3 aromatic rings. The second-order valence-corrected chi connectivity index (χ2v) is 11.4. The van der Waals surface area contributed by atoms with E-state index in [1.54, 1.807) is 30.3 Å². The van der Waals surface area contributed by atoms with Gasteiger partial charge in [0.2, 0.25) is 0 Å². The van der Waals surface area contributed by atoms with E-state index in [4.69, 9.17) is 4.74 Å². The first kappa shape index (κ1) is 21.0. The first-order valence-electron chi connectivity index (χ1n) is 10.9. The molecule has 0 amide bonds. The molecule has 0 radical (unpaired) electrons. The first-order valence-corrected chi connectivity index (χ1v) is 12.4. The number of para-hydroxylation sites is 1. The highest BCUT2D eigenvalue weighted by Crippen LogP contribution is 2.61.